The highest BCUT2D eigenvalue weighted by molar-refractivity contribution is 5.91. The first kappa shape index (κ1) is 14.8. The van der Waals surface area contributed by atoms with E-state index in [9.17, 15) is 15.0 Å². The van der Waals surface area contributed by atoms with E-state index < -0.39 is 11.2 Å². The smallest absolute Gasteiger partial charge is 0.239 e. The molecule has 0 unspecified atom stereocenters. The van der Waals surface area contributed by atoms with Gasteiger partial charge in [-0.15, -0.1) is 0 Å². The van der Waals surface area contributed by atoms with Gasteiger partial charge in [0.2, 0.25) is 16.9 Å². The highest BCUT2D eigenvalue weighted by atomic mass is 16.5. The fraction of sp³-hybridized carbons (Fsp3) is 0.118. The normalized spacial score (nSPS) is 10.7. The largest absolute Gasteiger partial charge is 0.504 e. The summed E-state index contributed by atoms with van der Waals surface area (Å²) in [5.74, 6) is -0.834. The SMILES string of the molecule is COc1c(O)cc2oc(-c3ccccc3)c(OC)c(=O)c2c1O. The molecule has 1 heterocycles. The second-order valence-corrected chi connectivity index (χ2v) is 4.81. The second kappa shape index (κ2) is 5.57. The Labute approximate surface area is 131 Å². The van der Waals surface area contributed by atoms with Crippen LogP contribution in [0.3, 0.4) is 0 Å². The van der Waals surface area contributed by atoms with Crippen LogP contribution in [-0.4, -0.2) is 24.4 Å². The van der Waals surface area contributed by atoms with E-state index in [1.165, 1.54) is 20.3 Å². The lowest BCUT2D eigenvalue weighted by atomic mass is 10.1. The molecule has 0 bridgehead atoms. The first-order valence-electron chi connectivity index (χ1n) is 6.77. The van der Waals surface area contributed by atoms with Gasteiger partial charge in [-0.1, -0.05) is 30.3 Å². The maximum atomic E-state index is 12.7. The highest BCUT2D eigenvalue weighted by Gasteiger charge is 2.23. The first-order chi connectivity index (χ1) is 11.1. The molecule has 2 aromatic carbocycles. The fourth-order valence-electron chi connectivity index (χ4n) is 2.45. The molecular formula is C17H14O6. The zero-order valence-corrected chi connectivity index (χ0v) is 12.5. The molecule has 0 aliphatic heterocycles. The Morgan fingerprint density at radius 2 is 1.65 bits per heavy atom. The lowest BCUT2D eigenvalue weighted by Gasteiger charge is -2.12. The number of methoxy groups -OCH3 is 2. The van der Waals surface area contributed by atoms with E-state index >= 15 is 0 Å². The van der Waals surface area contributed by atoms with Crippen LogP contribution in [0.5, 0.6) is 23.0 Å². The quantitative estimate of drug-likeness (QED) is 0.772. The summed E-state index contributed by atoms with van der Waals surface area (Å²) in [6.07, 6.45) is 0. The van der Waals surface area contributed by atoms with E-state index in [0.29, 0.717) is 5.56 Å². The summed E-state index contributed by atoms with van der Waals surface area (Å²) in [6.45, 7) is 0. The van der Waals surface area contributed by atoms with Crippen LogP contribution in [0.4, 0.5) is 0 Å². The monoisotopic (exact) mass is 314 g/mol. The van der Waals surface area contributed by atoms with Crippen LogP contribution >= 0.6 is 0 Å². The van der Waals surface area contributed by atoms with Crippen molar-refractivity contribution in [2.45, 2.75) is 0 Å². The van der Waals surface area contributed by atoms with Crippen LogP contribution in [0, 0.1) is 0 Å². The Morgan fingerprint density at radius 3 is 2.26 bits per heavy atom. The standard InChI is InChI=1S/C17H14O6/c1-21-16-10(18)8-11-12(13(16)19)14(20)17(22-2)15(23-11)9-6-4-3-5-7-9/h3-8,18-19H,1-2H3. The Morgan fingerprint density at radius 1 is 1.00 bits per heavy atom. The summed E-state index contributed by atoms with van der Waals surface area (Å²) in [4.78, 5) is 12.7. The summed E-state index contributed by atoms with van der Waals surface area (Å²) in [5, 5.41) is 20.0. The molecule has 0 radical (unpaired) electrons. The highest BCUT2D eigenvalue weighted by Crippen LogP contribution is 2.43. The molecular weight excluding hydrogens is 300 g/mol. The van der Waals surface area contributed by atoms with Gasteiger partial charge in [-0.25, -0.2) is 0 Å². The average Bonchev–Trinajstić information content (AvgIpc) is 2.55. The van der Waals surface area contributed by atoms with Crippen molar-refractivity contribution in [1.29, 1.82) is 0 Å². The molecule has 0 aliphatic rings. The molecule has 0 spiro atoms. The maximum absolute atomic E-state index is 12.7. The van der Waals surface area contributed by atoms with Gasteiger partial charge < -0.3 is 24.1 Å². The molecule has 0 aliphatic carbocycles. The number of phenols is 2. The van der Waals surface area contributed by atoms with Gasteiger partial charge in [0.25, 0.3) is 0 Å². The molecule has 6 heteroatoms. The van der Waals surface area contributed by atoms with Crippen LogP contribution in [0.15, 0.2) is 45.6 Å². The van der Waals surface area contributed by atoms with Crippen molar-refractivity contribution in [3.05, 3.63) is 46.6 Å². The predicted molar refractivity (Wildman–Crippen MR) is 84.4 cm³/mol. The lowest BCUT2D eigenvalue weighted by molar-refractivity contribution is 0.345. The van der Waals surface area contributed by atoms with Crippen LogP contribution in [0.2, 0.25) is 0 Å². The minimum Gasteiger partial charge on any atom is -0.504 e. The summed E-state index contributed by atoms with van der Waals surface area (Å²) in [7, 11) is 2.62. The summed E-state index contributed by atoms with van der Waals surface area (Å²) in [5.41, 5.74) is 0.118. The van der Waals surface area contributed by atoms with Gasteiger partial charge in [-0.05, 0) is 0 Å². The van der Waals surface area contributed by atoms with Gasteiger partial charge in [-0.3, -0.25) is 4.79 Å². The number of hydrogen-bond acceptors (Lipinski definition) is 6. The molecule has 0 atom stereocenters. The Balaban J connectivity index is 2.44. The van der Waals surface area contributed by atoms with E-state index in [1.54, 1.807) is 24.3 Å². The summed E-state index contributed by atoms with van der Waals surface area (Å²) >= 11 is 0. The van der Waals surface area contributed by atoms with E-state index in [0.717, 1.165) is 0 Å². The number of fused-ring (bicyclic) bond motifs is 1. The Kier molecular flexibility index (Phi) is 3.57. The van der Waals surface area contributed by atoms with Crippen LogP contribution in [0.1, 0.15) is 0 Å². The van der Waals surface area contributed by atoms with E-state index in [-0.39, 0.29) is 34.0 Å². The van der Waals surface area contributed by atoms with Gasteiger partial charge >= 0.3 is 0 Å². The number of benzene rings is 2. The molecule has 3 rings (SSSR count). The third kappa shape index (κ3) is 2.24. The number of ether oxygens (including phenoxy) is 2. The molecule has 0 fully saturated rings. The summed E-state index contributed by atoms with van der Waals surface area (Å²) < 4.78 is 15.8. The zero-order valence-electron chi connectivity index (χ0n) is 12.5. The second-order valence-electron chi connectivity index (χ2n) is 4.81. The van der Waals surface area contributed by atoms with Crippen LogP contribution in [0.25, 0.3) is 22.3 Å². The fourth-order valence-corrected chi connectivity index (χ4v) is 2.45. The van der Waals surface area contributed by atoms with Gasteiger partial charge in [0.15, 0.2) is 17.3 Å². The van der Waals surface area contributed by atoms with Crippen molar-refractivity contribution in [3.8, 4) is 34.3 Å². The molecule has 0 saturated heterocycles. The van der Waals surface area contributed by atoms with E-state index in [1.807, 2.05) is 6.07 Å². The van der Waals surface area contributed by atoms with Crippen molar-refractivity contribution < 1.29 is 24.1 Å². The average molecular weight is 314 g/mol. The van der Waals surface area contributed by atoms with Gasteiger partial charge in [-0.2, -0.15) is 0 Å². The van der Waals surface area contributed by atoms with Crippen LogP contribution < -0.4 is 14.9 Å². The maximum Gasteiger partial charge on any atom is 0.239 e. The predicted octanol–water partition coefficient (Wildman–Crippen LogP) is 2.89. The van der Waals surface area contributed by atoms with E-state index in [2.05, 4.69) is 0 Å². The van der Waals surface area contributed by atoms with Gasteiger partial charge in [0.1, 0.15) is 11.0 Å². The molecule has 23 heavy (non-hydrogen) atoms. The third-order valence-corrected chi connectivity index (χ3v) is 3.49. The minimum absolute atomic E-state index is 0.0328. The van der Waals surface area contributed by atoms with Crippen molar-refractivity contribution in [1.82, 2.24) is 0 Å². The van der Waals surface area contributed by atoms with Gasteiger partial charge in [0.05, 0.1) is 14.2 Å². The number of rotatable bonds is 3. The third-order valence-electron chi connectivity index (χ3n) is 3.49. The molecule has 118 valence electrons. The van der Waals surface area contributed by atoms with Crippen molar-refractivity contribution in [2.24, 2.45) is 0 Å². The van der Waals surface area contributed by atoms with Gasteiger partial charge in [0, 0.05) is 11.6 Å². The van der Waals surface area contributed by atoms with Crippen molar-refractivity contribution in [2.75, 3.05) is 14.2 Å². The molecule has 0 saturated carbocycles. The molecule has 1 aromatic heterocycles. The number of hydrogen-bond donors (Lipinski definition) is 2. The Hall–Kier alpha value is -3.15. The zero-order chi connectivity index (χ0) is 16.6. The topological polar surface area (TPSA) is 89.1 Å². The lowest BCUT2D eigenvalue weighted by Crippen LogP contribution is -2.08. The molecule has 2 N–H and O–H groups in total. The minimum atomic E-state index is -0.552. The van der Waals surface area contributed by atoms with E-state index in [4.69, 9.17) is 13.9 Å². The molecule has 0 amide bonds. The number of aromatic hydroxyl groups is 2. The van der Waals surface area contributed by atoms with Crippen LogP contribution in [-0.2, 0) is 0 Å². The summed E-state index contributed by atoms with van der Waals surface area (Å²) in [6, 6.07) is 10.2. The van der Waals surface area contributed by atoms with Crippen molar-refractivity contribution >= 4 is 11.0 Å². The molecule has 3 aromatic rings. The number of phenolic OH excluding ortho intramolecular Hbond substituents is 2. The first-order valence-corrected chi connectivity index (χ1v) is 6.77. The molecule has 6 nitrogen and oxygen atoms in total. The Bertz CT molecular complexity index is 927. The van der Waals surface area contributed by atoms with Crippen molar-refractivity contribution in [3.63, 3.8) is 0 Å².